The first kappa shape index (κ1) is 10.5. The summed E-state index contributed by atoms with van der Waals surface area (Å²) in [4.78, 5) is 10.5. The van der Waals surface area contributed by atoms with Crippen LogP contribution in [0, 0.1) is 0 Å². The van der Waals surface area contributed by atoms with Crippen molar-refractivity contribution in [2.45, 2.75) is 25.0 Å². The number of carbonyl (C=O) groups is 1. The van der Waals surface area contributed by atoms with Crippen LogP contribution >= 0.6 is 23.4 Å². The van der Waals surface area contributed by atoms with Crippen LogP contribution in [0.3, 0.4) is 0 Å². The van der Waals surface area contributed by atoms with Gasteiger partial charge in [-0.15, -0.1) is 10.2 Å². The van der Waals surface area contributed by atoms with Gasteiger partial charge in [-0.2, -0.15) is 0 Å². The molecule has 0 bridgehead atoms. The van der Waals surface area contributed by atoms with Gasteiger partial charge in [-0.25, -0.2) is 0 Å². The summed E-state index contributed by atoms with van der Waals surface area (Å²) in [7, 11) is 0. The molecule has 4 nitrogen and oxygen atoms in total. The fraction of sp³-hybridized carbons (Fsp3) is 0.571. The molecule has 0 saturated carbocycles. The third-order valence-electron chi connectivity index (χ3n) is 1.30. The number of unbranched alkanes of at least 4 members (excludes halogenated alkanes) is 1. The molecule has 0 aliphatic carbocycles. The number of thioether (sulfide) groups is 1. The van der Waals surface area contributed by atoms with Crippen molar-refractivity contribution in [1.82, 2.24) is 10.2 Å². The highest BCUT2D eigenvalue weighted by Gasteiger charge is 2.11. The van der Waals surface area contributed by atoms with Crippen LogP contribution in [-0.4, -0.2) is 21.2 Å². The number of carbonyl (C=O) groups excluding carboxylic acids is 1. The van der Waals surface area contributed by atoms with Crippen LogP contribution in [0.25, 0.3) is 0 Å². The Morgan fingerprint density at radius 3 is 2.92 bits per heavy atom. The predicted molar refractivity (Wildman–Crippen MR) is 50.1 cm³/mol. The van der Waals surface area contributed by atoms with Crippen molar-refractivity contribution in [3.05, 3.63) is 5.89 Å². The summed E-state index contributed by atoms with van der Waals surface area (Å²) >= 11 is 6.57. The molecule has 0 unspecified atom stereocenters. The number of halogens is 1. The minimum absolute atomic E-state index is 0.138. The number of hydrogen-bond donors (Lipinski definition) is 0. The Morgan fingerprint density at radius 1 is 1.62 bits per heavy atom. The molecule has 0 aliphatic heterocycles. The topological polar surface area (TPSA) is 56.0 Å². The van der Waals surface area contributed by atoms with E-state index in [0.29, 0.717) is 5.22 Å². The first-order valence-electron chi connectivity index (χ1n) is 3.90. The average Bonchev–Trinajstić information content (AvgIpc) is 2.53. The third-order valence-corrected chi connectivity index (χ3v) is 2.36. The number of aromatic nitrogens is 2. The zero-order valence-corrected chi connectivity index (χ0v) is 8.69. The fourth-order valence-electron chi connectivity index (χ4n) is 0.651. The van der Waals surface area contributed by atoms with Gasteiger partial charge >= 0.3 is 11.1 Å². The monoisotopic (exact) mass is 220 g/mol. The van der Waals surface area contributed by atoms with Crippen molar-refractivity contribution in [2.75, 3.05) is 5.75 Å². The molecule has 1 rings (SSSR count). The van der Waals surface area contributed by atoms with Crippen molar-refractivity contribution in [2.24, 2.45) is 0 Å². The van der Waals surface area contributed by atoms with Crippen LogP contribution in [0.2, 0.25) is 0 Å². The molecule has 72 valence electrons. The predicted octanol–water partition coefficient (Wildman–Crippen LogP) is 2.34. The third kappa shape index (κ3) is 3.36. The van der Waals surface area contributed by atoms with Crippen LogP contribution in [0.4, 0.5) is 0 Å². The average molecular weight is 221 g/mol. The van der Waals surface area contributed by atoms with E-state index in [1.54, 1.807) is 0 Å². The van der Waals surface area contributed by atoms with Crippen LogP contribution in [0.5, 0.6) is 0 Å². The van der Waals surface area contributed by atoms with Crippen LogP contribution in [-0.2, 0) is 0 Å². The molecular formula is C7H9ClN2O2S. The molecular weight excluding hydrogens is 212 g/mol. The lowest BCUT2D eigenvalue weighted by Crippen LogP contribution is -1.86. The second-order valence-electron chi connectivity index (χ2n) is 2.35. The van der Waals surface area contributed by atoms with Crippen LogP contribution < -0.4 is 0 Å². The molecule has 13 heavy (non-hydrogen) atoms. The van der Waals surface area contributed by atoms with E-state index in [9.17, 15) is 4.79 Å². The zero-order valence-electron chi connectivity index (χ0n) is 7.12. The molecule has 0 saturated heterocycles. The van der Waals surface area contributed by atoms with Crippen LogP contribution in [0.1, 0.15) is 30.5 Å². The molecule has 0 fully saturated rings. The molecule has 0 radical (unpaired) electrons. The van der Waals surface area contributed by atoms with E-state index in [0.717, 1.165) is 18.6 Å². The Bertz CT molecular complexity index is 290. The molecule has 0 atom stereocenters. The molecule has 0 N–H and O–H groups in total. The Morgan fingerprint density at radius 2 is 2.38 bits per heavy atom. The normalized spacial score (nSPS) is 10.3. The van der Waals surface area contributed by atoms with Crippen molar-refractivity contribution >= 4 is 28.6 Å². The number of hydrogen-bond acceptors (Lipinski definition) is 5. The maximum Gasteiger partial charge on any atom is 0.309 e. The maximum absolute atomic E-state index is 10.5. The van der Waals surface area contributed by atoms with Gasteiger partial charge in [0.05, 0.1) is 0 Å². The molecule has 0 aliphatic rings. The Labute approximate surface area is 85.0 Å². The first-order chi connectivity index (χ1) is 6.24. The quantitative estimate of drug-likeness (QED) is 0.433. The number of rotatable bonds is 5. The SMILES string of the molecule is CCCCSc1nnc(C(=O)Cl)o1. The van der Waals surface area contributed by atoms with Crippen molar-refractivity contribution < 1.29 is 9.21 Å². The summed E-state index contributed by atoms with van der Waals surface area (Å²) in [5.41, 5.74) is 0. The zero-order chi connectivity index (χ0) is 9.68. The second kappa shape index (κ2) is 5.24. The van der Waals surface area contributed by atoms with E-state index in [-0.39, 0.29) is 5.89 Å². The van der Waals surface area contributed by atoms with Gasteiger partial charge in [0.1, 0.15) is 0 Å². The molecule has 0 spiro atoms. The summed E-state index contributed by atoms with van der Waals surface area (Å²) in [6.07, 6.45) is 2.19. The highest BCUT2D eigenvalue weighted by molar-refractivity contribution is 7.99. The minimum atomic E-state index is -0.713. The summed E-state index contributed by atoms with van der Waals surface area (Å²) in [6, 6.07) is 0. The molecule has 0 aromatic carbocycles. The van der Waals surface area contributed by atoms with Gasteiger partial charge in [0.15, 0.2) is 0 Å². The van der Waals surface area contributed by atoms with E-state index < -0.39 is 5.24 Å². The summed E-state index contributed by atoms with van der Waals surface area (Å²) < 4.78 is 4.95. The van der Waals surface area contributed by atoms with Crippen LogP contribution in [0.15, 0.2) is 9.64 Å². The fourth-order valence-corrected chi connectivity index (χ4v) is 1.57. The Hall–Kier alpha value is -0.550. The van der Waals surface area contributed by atoms with Gasteiger partial charge in [-0.1, -0.05) is 25.1 Å². The van der Waals surface area contributed by atoms with Crippen molar-refractivity contribution in [3.63, 3.8) is 0 Å². The van der Waals surface area contributed by atoms with Gasteiger partial charge in [0, 0.05) is 5.75 Å². The van der Waals surface area contributed by atoms with E-state index in [1.807, 2.05) is 0 Å². The molecule has 6 heteroatoms. The van der Waals surface area contributed by atoms with Crippen molar-refractivity contribution in [1.29, 1.82) is 0 Å². The van der Waals surface area contributed by atoms with E-state index in [2.05, 4.69) is 17.1 Å². The number of nitrogens with zero attached hydrogens (tertiary/aromatic N) is 2. The summed E-state index contributed by atoms with van der Waals surface area (Å²) in [6.45, 7) is 2.10. The summed E-state index contributed by atoms with van der Waals surface area (Å²) in [5, 5.41) is 6.81. The van der Waals surface area contributed by atoms with Gasteiger partial charge in [-0.3, -0.25) is 4.79 Å². The minimum Gasteiger partial charge on any atom is -0.408 e. The largest absolute Gasteiger partial charge is 0.408 e. The Balaban J connectivity index is 2.44. The second-order valence-corrected chi connectivity index (χ2v) is 3.74. The van der Waals surface area contributed by atoms with E-state index >= 15 is 0 Å². The first-order valence-corrected chi connectivity index (χ1v) is 5.26. The molecule has 1 heterocycles. The molecule has 1 aromatic heterocycles. The highest BCUT2D eigenvalue weighted by Crippen LogP contribution is 2.17. The van der Waals surface area contributed by atoms with Gasteiger partial charge in [0.2, 0.25) is 0 Å². The van der Waals surface area contributed by atoms with Gasteiger partial charge in [0.25, 0.3) is 5.22 Å². The smallest absolute Gasteiger partial charge is 0.309 e. The lowest BCUT2D eigenvalue weighted by Gasteiger charge is -1.91. The Kier molecular flexibility index (Phi) is 4.24. The molecule has 0 amide bonds. The lowest BCUT2D eigenvalue weighted by molar-refractivity contribution is 0.104. The van der Waals surface area contributed by atoms with E-state index in [1.165, 1.54) is 11.8 Å². The van der Waals surface area contributed by atoms with Gasteiger partial charge in [-0.05, 0) is 18.0 Å². The van der Waals surface area contributed by atoms with Gasteiger partial charge < -0.3 is 4.42 Å². The van der Waals surface area contributed by atoms with E-state index in [4.69, 9.17) is 16.0 Å². The summed E-state index contributed by atoms with van der Waals surface area (Å²) in [5.74, 6) is 0.773. The molecule has 1 aromatic rings. The standard InChI is InChI=1S/C7H9ClN2O2S/c1-2-3-4-13-7-10-9-6(12-7)5(8)11/h2-4H2,1H3. The van der Waals surface area contributed by atoms with Crippen molar-refractivity contribution in [3.8, 4) is 0 Å². The maximum atomic E-state index is 10.5. The highest BCUT2D eigenvalue weighted by atomic mass is 35.5. The lowest BCUT2D eigenvalue weighted by atomic mass is 10.4.